The summed E-state index contributed by atoms with van der Waals surface area (Å²) < 4.78 is 5.39. The number of aromatic nitrogens is 1. The Hall–Kier alpha value is -2.89. The molecule has 0 saturated carbocycles. The zero-order chi connectivity index (χ0) is 19.7. The number of ether oxygens (including phenoxy) is 1. The minimum Gasteiger partial charge on any atom is -0.495 e. The molecule has 1 saturated heterocycles. The van der Waals surface area contributed by atoms with Gasteiger partial charge in [0, 0.05) is 18.7 Å². The smallest absolute Gasteiger partial charge is 0.229 e. The van der Waals surface area contributed by atoms with Crippen LogP contribution < -0.4 is 15.0 Å². The summed E-state index contributed by atoms with van der Waals surface area (Å²) in [5.74, 6) is -0.0175. The summed E-state index contributed by atoms with van der Waals surface area (Å²) >= 11 is 0. The number of benzene rings is 1. The highest BCUT2D eigenvalue weighted by Crippen LogP contribution is 2.34. The van der Waals surface area contributed by atoms with E-state index in [2.05, 4.69) is 10.3 Å². The lowest BCUT2D eigenvalue weighted by Crippen LogP contribution is -2.29. The highest BCUT2D eigenvalue weighted by atomic mass is 16.5. The number of anilines is 2. The maximum atomic E-state index is 12.8. The predicted molar refractivity (Wildman–Crippen MR) is 105 cm³/mol. The van der Waals surface area contributed by atoms with Crippen molar-refractivity contribution in [3.8, 4) is 5.75 Å². The third-order valence-corrected chi connectivity index (χ3v) is 4.89. The Morgan fingerprint density at radius 2 is 1.96 bits per heavy atom. The largest absolute Gasteiger partial charge is 0.495 e. The first kappa shape index (κ1) is 18.9. The molecule has 3 rings (SSSR count). The van der Waals surface area contributed by atoms with Gasteiger partial charge in [0.2, 0.25) is 11.8 Å². The fourth-order valence-electron chi connectivity index (χ4n) is 3.56. The number of pyridine rings is 1. The van der Waals surface area contributed by atoms with Gasteiger partial charge in [-0.2, -0.15) is 0 Å². The van der Waals surface area contributed by atoms with E-state index in [9.17, 15) is 9.59 Å². The monoisotopic (exact) mass is 367 g/mol. The average Bonchev–Trinajstić information content (AvgIpc) is 2.99. The Bertz CT molecular complexity index is 885. The second kappa shape index (κ2) is 7.39. The van der Waals surface area contributed by atoms with Crippen LogP contribution >= 0.6 is 0 Å². The molecule has 0 radical (unpaired) electrons. The van der Waals surface area contributed by atoms with Gasteiger partial charge in [-0.25, -0.2) is 0 Å². The molecule has 1 aromatic heterocycles. The standard InChI is InChI=1S/C21H25N3O3/c1-12-6-7-18(27-5)17(8-12)24-11-16(10-19(24)25)21(26)23-20-13(2)9-14(3)22-15(20)4/h6-9,16H,10-11H2,1-5H3,(H,23,26). The van der Waals surface area contributed by atoms with Crippen molar-refractivity contribution < 1.29 is 14.3 Å². The molecule has 6 nitrogen and oxygen atoms in total. The highest BCUT2D eigenvalue weighted by molar-refractivity contribution is 6.04. The summed E-state index contributed by atoms with van der Waals surface area (Å²) in [6.45, 7) is 8.04. The number of hydrogen-bond acceptors (Lipinski definition) is 4. The molecule has 1 fully saturated rings. The summed E-state index contributed by atoms with van der Waals surface area (Å²) in [6.07, 6.45) is 0.181. The lowest BCUT2D eigenvalue weighted by molar-refractivity contribution is -0.122. The molecule has 1 aliphatic rings. The number of amides is 2. The van der Waals surface area contributed by atoms with Crippen LogP contribution in [0.15, 0.2) is 24.3 Å². The molecule has 0 aliphatic carbocycles. The van der Waals surface area contributed by atoms with Crippen molar-refractivity contribution in [3.05, 3.63) is 46.8 Å². The second-order valence-corrected chi connectivity index (χ2v) is 7.11. The van der Waals surface area contributed by atoms with Crippen molar-refractivity contribution in [2.75, 3.05) is 23.9 Å². The highest BCUT2D eigenvalue weighted by Gasteiger charge is 2.36. The SMILES string of the molecule is COc1ccc(C)cc1N1CC(C(=O)Nc2c(C)cc(C)nc2C)CC1=O. The van der Waals surface area contributed by atoms with Crippen LogP contribution in [0, 0.1) is 33.6 Å². The maximum absolute atomic E-state index is 12.8. The Morgan fingerprint density at radius 1 is 1.22 bits per heavy atom. The molecule has 6 heteroatoms. The summed E-state index contributed by atoms with van der Waals surface area (Å²) in [7, 11) is 1.58. The molecule has 2 heterocycles. The summed E-state index contributed by atoms with van der Waals surface area (Å²) in [4.78, 5) is 31.4. The molecule has 1 unspecified atom stereocenters. The van der Waals surface area contributed by atoms with Crippen LogP contribution in [0.1, 0.15) is 28.9 Å². The molecule has 1 N–H and O–H groups in total. The van der Waals surface area contributed by atoms with Crippen molar-refractivity contribution >= 4 is 23.2 Å². The quantitative estimate of drug-likeness (QED) is 0.900. The third-order valence-electron chi connectivity index (χ3n) is 4.89. The van der Waals surface area contributed by atoms with Gasteiger partial charge >= 0.3 is 0 Å². The van der Waals surface area contributed by atoms with Gasteiger partial charge in [0.1, 0.15) is 5.75 Å². The zero-order valence-electron chi connectivity index (χ0n) is 16.4. The number of rotatable bonds is 4. The molecule has 27 heavy (non-hydrogen) atoms. The Morgan fingerprint density at radius 3 is 2.63 bits per heavy atom. The van der Waals surface area contributed by atoms with Crippen LogP contribution in [0.5, 0.6) is 5.75 Å². The second-order valence-electron chi connectivity index (χ2n) is 7.11. The van der Waals surface area contributed by atoms with E-state index < -0.39 is 5.92 Å². The Labute approximate surface area is 159 Å². The normalized spacial score (nSPS) is 16.6. The molecule has 1 atom stereocenters. The molecular formula is C21H25N3O3. The first-order chi connectivity index (χ1) is 12.8. The van der Waals surface area contributed by atoms with Gasteiger partial charge in [-0.1, -0.05) is 6.07 Å². The Kier molecular flexibility index (Phi) is 5.17. The summed E-state index contributed by atoms with van der Waals surface area (Å²) in [5, 5.41) is 2.97. The van der Waals surface area contributed by atoms with E-state index in [-0.39, 0.29) is 18.2 Å². The summed E-state index contributed by atoms with van der Waals surface area (Å²) in [6, 6.07) is 7.63. The molecule has 0 spiro atoms. The van der Waals surface area contributed by atoms with Crippen molar-refractivity contribution in [1.29, 1.82) is 0 Å². The molecule has 2 aromatic rings. The van der Waals surface area contributed by atoms with Crippen LogP contribution in [0.2, 0.25) is 0 Å². The van der Waals surface area contributed by atoms with E-state index in [0.29, 0.717) is 18.0 Å². The molecular weight excluding hydrogens is 342 g/mol. The zero-order valence-corrected chi connectivity index (χ0v) is 16.4. The van der Waals surface area contributed by atoms with Crippen molar-refractivity contribution in [2.24, 2.45) is 5.92 Å². The van der Waals surface area contributed by atoms with E-state index in [4.69, 9.17) is 4.74 Å². The number of hydrogen-bond donors (Lipinski definition) is 1. The maximum Gasteiger partial charge on any atom is 0.229 e. The van der Waals surface area contributed by atoms with E-state index in [0.717, 1.165) is 28.2 Å². The minimum absolute atomic E-state index is 0.0745. The number of carbonyl (C=O) groups excluding carboxylic acids is 2. The molecule has 1 aromatic carbocycles. The van der Waals surface area contributed by atoms with Gasteiger partial charge in [-0.15, -0.1) is 0 Å². The first-order valence-corrected chi connectivity index (χ1v) is 9.01. The lowest BCUT2D eigenvalue weighted by atomic mass is 10.1. The van der Waals surface area contributed by atoms with E-state index in [1.807, 2.05) is 52.0 Å². The fourth-order valence-corrected chi connectivity index (χ4v) is 3.56. The fraction of sp³-hybridized carbons (Fsp3) is 0.381. The molecule has 1 aliphatic heterocycles. The lowest BCUT2D eigenvalue weighted by Gasteiger charge is -2.20. The van der Waals surface area contributed by atoms with Crippen LogP contribution in [0.4, 0.5) is 11.4 Å². The topological polar surface area (TPSA) is 71.5 Å². The third kappa shape index (κ3) is 3.79. The predicted octanol–water partition coefficient (Wildman–Crippen LogP) is 3.32. The number of nitrogens with zero attached hydrogens (tertiary/aromatic N) is 2. The first-order valence-electron chi connectivity index (χ1n) is 9.01. The summed E-state index contributed by atoms with van der Waals surface area (Å²) in [5.41, 5.74) is 5.13. The molecule has 0 bridgehead atoms. The number of methoxy groups -OCH3 is 1. The van der Waals surface area contributed by atoms with Crippen molar-refractivity contribution in [2.45, 2.75) is 34.1 Å². The van der Waals surface area contributed by atoms with Crippen LogP contribution in [0.25, 0.3) is 0 Å². The molecule has 2 amide bonds. The van der Waals surface area contributed by atoms with Crippen molar-refractivity contribution in [3.63, 3.8) is 0 Å². The Balaban J connectivity index is 1.80. The van der Waals surface area contributed by atoms with Gasteiger partial charge in [0.05, 0.1) is 30.1 Å². The van der Waals surface area contributed by atoms with Gasteiger partial charge < -0.3 is 15.0 Å². The number of carbonyl (C=O) groups is 2. The van der Waals surface area contributed by atoms with Gasteiger partial charge in [-0.05, 0) is 57.0 Å². The number of nitrogens with one attached hydrogen (secondary N) is 1. The van der Waals surface area contributed by atoms with Crippen LogP contribution in [-0.2, 0) is 9.59 Å². The van der Waals surface area contributed by atoms with E-state index in [1.165, 1.54) is 0 Å². The van der Waals surface area contributed by atoms with E-state index in [1.54, 1.807) is 12.0 Å². The van der Waals surface area contributed by atoms with Gasteiger partial charge in [0.15, 0.2) is 0 Å². The number of aryl methyl sites for hydroxylation is 4. The van der Waals surface area contributed by atoms with Crippen LogP contribution in [0.3, 0.4) is 0 Å². The van der Waals surface area contributed by atoms with Gasteiger partial charge in [-0.3, -0.25) is 14.6 Å². The minimum atomic E-state index is -0.414. The van der Waals surface area contributed by atoms with Gasteiger partial charge in [0.25, 0.3) is 0 Å². The average molecular weight is 367 g/mol. The van der Waals surface area contributed by atoms with Crippen LogP contribution in [-0.4, -0.2) is 30.5 Å². The molecule has 142 valence electrons. The van der Waals surface area contributed by atoms with E-state index >= 15 is 0 Å². The van der Waals surface area contributed by atoms with Crippen molar-refractivity contribution in [1.82, 2.24) is 4.98 Å².